The zero-order valence-electron chi connectivity index (χ0n) is 19.4. The lowest BCUT2D eigenvalue weighted by Crippen LogP contribution is -2.26. The highest BCUT2D eigenvalue weighted by molar-refractivity contribution is 6.13. The van der Waals surface area contributed by atoms with Gasteiger partial charge in [0, 0.05) is 12.6 Å². The molecule has 0 atom stereocenters. The van der Waals surface area contributed by atoms with Crippen LogP contribution < -0.4 is 20.3 Å². The number of para-hydroxylation sites is 2. The van der Waals surface area contributed by atoms with Crippen LogP contribution in [-0.4, -0.2) is 46.0 Å². The summed E-state index contributed by atoms with van der Waals surface area (Å²) in [6, 6.07) is 10.8. The zero-order chi connectivity index (χ0) is 24.0. The van der Waals surface area contributed by atoms with Crippen molar-refractivity contribution < 1.29 is 14.3 Å². The molecule has 2 aromatic carbocycles. The maximum atomic E-state index is 13.4. The van der Waals surface area contributed by atoms with E-state index in [1.165, 1.54) is 14.2 Å². The molecule has 0 aliphatic carbocycles. The summed E-state index contributed by atoms with van der Waals surface area (Å²) in [5, 5.41) is 3.35. The predicted octanol–water partition coefficient (Wildman–Crippen LogP) is 3.67. The maximum Gasteiger partial charge on any atom is 0.259 e. The van der Waals surface area contributed by atoms with Gasteiger partial charge in [-0.3, -0.25) is 14.0 Å². The molecule has 5 aromatic rings. The number of rotatable bonds is 6. The lowest BCUT2D eigenvalue weighted by Gasteiger charge is -2.11. The molecule has 5 rings (SSSR count). The minimum atomic E-state index is -0.355. The maximum absolute atomic E-state index is 13.4. The smallest absolute Gasteiger partial charge is 0.259 e. The van der Waals surface area contributed by atoms with Crippen LogP contribution in [-0.2, 0) is 0 Å². The first-order valence-corrected chi connectivity index (χ1v) is 11.1. The number of hydrogen-bond acceptors (Lipinski definition) is 6. The Morgan fingerprint density at radius 2 is 1.76 bits per heavy atom. The van der Waals surface area contributed by atoms with E-state index in [1.54, 1.807) is 16.5 Å². The minimum Gasteiger partial charge on any atom is -0.493 e. The summed E-state index contributed by atoms with van der Waals surface area (Å²) in [6.45, 7) is 4.70. The van der Waals surface area contributed by atoms with Gasteiger partial charge in [0.15, 0.2) is 17.1 Å². The van der Waals surface area contributed by atoms with E-state index in [9.17, 15) is 9.59 Å². The largest absolute Gasteiger partial charge is 0.493 e. The number of benzene rings is 2. The van der Waals surface area contributed by atoms with Crippen molar-refractivity contribution in [3.05, 3.63) is 52.3 Å². The van der Waals surface area contributed by atoms with Crippen molar-refractivity contribution in [2.24, 2.45) is 5.92 Å². The number of aromatic amines is 1. The van der Waals surface area contributed by atoms with Gasteiger partial charge in [-0.25, -0.2) is 9.97 Å². The molecule has 0 saturated heterocycles. The Morgan fingerprint density at radius 1 is 1.09 bits per heavy atom. The van der Waals surface area contributed by atoms with Gasteiger partial charge in [-0.2, -0.15) is 0 Å². The van der Waals surface area contributed by atoms with Gasteiger partial charge in [0.05, 0.1) is 36.2 Å². The molecule has 9 nitrogen and oxygen atoms in total. The first kappa shape index (κ1) is 21.7. The number of ether oxygens (including phenoxy) is 2. The molecule has 0 bridgehead atoms. The van der Waals surface area contributed by atoms with E-state index >= 15 is 0 Å². The first-order valence-electron chi connectivity index (χ1n) is 11.1. The number of nitrogens with zero attached hydrogens (tertiary/aromatic N) is 3. The van der Waals surface area contributed by atoms with Crippen molar-refractivity contribution in [1.82, 2.24) is 24.7 Å². The van der Waals surface area contributed by atoms with Gasteiger partial charge in [0.2, 0.25) is 0 Å². The number of nitrogens with one attached hydrogen (secondary N) is 2. The first-order chi connectivity index (χ1) is 16.4. The Bertz CT molecular complexity index is 1630. The number of aromatic nitrogens is 4. The number of H-pyrrole nitrogens is 1. The van der Waals surface area contributed by atoms with Crippen LogP contribution in [0, 0.1) is 5.92 Å². The highest BCUT2D eigenvalue weighted by atomic mass is 16.5. The summed E-state index contributed by atoms with van der Waals surface area (Å²) >= 11 is 0. The van der Waals surface area contributed by atoms with Gasteiger partial charge in [-0.1, -0.05) is 26.0 Å². The summed E-state index contributed by atoms with van der Waals surface area (Å²) in [6.07, 6.45) is 0.834. The van der Waals surface area contributed by atoms with Crippen molar-refractivity contribution in [1.29, 1.82) is 0 Å². The van der Waals surface area contributed by atoms with Crippen molar-refractivity contribution >= 4 is 44.7 Å². The molecule has 34 heavy (non-hydrogen) atoms. The Hall–Kier alpha value is -4.14. The fraction of sp³-hybridized carbons (Fsp3) is 0.280. The summed E-state index contributed by atoms with van der Waals surface area (Å²) < 4.78 is 12.6. The van der Waals surface area contributed by atoms with E-state index in [0.717, 1.165) is 6.42 Å². The van der Waals surface area contributed by atoms with Crippen molar-refractivity contribution in [2.75, 3.05) is 20.8 Å². The van der Waals surface area contributed by atoms with Crippen LogP contribution in [0.1, 0.15) is 30.6 Å². The molecule has 3 heterocycles. The molecule has 3 aromatic heterocycles. The normalized spacial score (nSPS) is 11.7. The molecule has 0 radical (unpaired) electrons. The minimum absolute atomic E-state index is 0.283. The fourth-order valence-electron chi connectivity index (χ4n) is 4.18. The second kappa shape index (κ2) is 8.33. The number of carbonyl (C=O) groups is 1. The van der Waals surface area contributed by atoms with E-state index in [1.807, 2.05) is 24.3 Å². The molecule has 0 unspecified atom stereocenters. The van der Waals surface area contributed by atoms with Crippen LogP contribution >= 0.6 is 0 Å². The third kappa shape index (κ3) is 3.40. The lowest BCUT2D eigenvalue weighted by atomic mass is 10.1. The van der Waals surface area contributed by atoms with E-state index in [2.05, 4.69) is 24.1 Å². The number of amides is 1. The van der Waals surface area contributed by atoms with E-state index in [4.69, 9.17) is 19.4 Å². The molecular formula is C25H25N5O4. The summed E-state index contributed by atoms with van der Waals surface area (Å²) in [5.74, 6) is 1.02. The third-order valence-electron chi connectivity index (χ3n) is 5.91. The SMILES string of the molecule is COc1cc2c(=O)[nH]c3c(C(=O)NCCC(C)C)c4nc5ccccc5nc4n3c2cc1OC. The van der Waals surface area contributed by atoms with Crippen LogP contribution in [0.5, 0.6) is 11.5 Å². The number of carbonyl (C=O) groups excluding carboxylic acids is 1. The van der Waals surface area contributed by atoms with Gasteiger partial charge in [0.1, 0.15) is 16.7 Å². The number of hydrogen-bond donors (Lipinski definition) is 2. The van der Waals surface area contributed by atoms with Crippen LogP contribution in [0.3, 0.4) is 0 Å². The van der Waals surface area contributed by atoms with Crippen LogP contribution in [0.4, 0.5) is 0 Å². The van der Waals surface area contributed by atoms with E-state index < -0.39 is 0 Å². The van der Waals surface area contributed by atoms with Crippen LogP contribution in [0.15, 0.2) is 41.2 Å². The highest BCUT2D eigenvalue weighted by Gasteiger charge is 2.25. The molecule has 0 spiro atoms. The van der Waals surface area contributed by atoms with Crippen molar-refractivity contribution in [3.63, 3.8) is 0 Å². The van der Waals surface area contributed by atoms with Gasteiger partial charge >= 0.3 is 0 Å². The van der Waals surface area contributed by atoms with Gasteiger partial charge in [-0.15, -0.1) is 0 Å². The quantitative estimate of drug-likeness (QED) is 0.401. The standard InChI is InChI=1S/C25H25N5O4/c1-13(2)9-10-26-25(32)20-21-23(28-16-8-6-5-7-15(16)27-21)30-17-12-19(34-4)18(33-3)11-14(17)24(31)29-22(20)30/h5-8,11-13H,9-10H2,1-4H3,(H,26,32)(H,29,31). The Balaban J connectivity index is 1.90. The van der Waals surface area contributed by atoms with E-state index in [-0.39, 0.29) is 17.0 Å². The van der Waals surface area contributed by atoms with Crippen molar-refractivity contribution in [2.45, 2.75) is 20.3 Å². The Morgan fingerprint density at radius 3 is 2.44 bits per heavy atom. The molecule has 174 valence electrons. The van der Waals surface area contributed by atoms with Crippen molar-refractivity contribution in [3.8, 4) is 11.5 Å². The summed E-state index contributed by atoms with van der Waals surface area (Å²) in [7, 11) is 3.04. The van der Waals surface area contributed by atoms with Gasteiger partial charge < -0.3 is 19.8 Å². The average molecular weight is 460 g/mol. The third-order valence-corrected chi connectivity index (χ3v) is 5.91. The number of methoxy groups -OCH3 is 2. The highest BCUT2D eigenvalue weighted by Crippen LogP contribution is 2.34. The predicted molar refractivity (Wildman–Crippen MR) is 131 cm³/mol. The molecule has 2 N–H and O–H groups in total. The molecule has 1 amide bonds. The second-order valence-corrected chi connectivity index (χ2v) is 8.56. The van der Waals surface area contributed by atoms with Crippen LogP contribution in [0.25, 0.3) is 38.7 Å². The Kier molecular flexibility index (Phi) is 5.31. The zero-order valence-corrected chi connectivity index (χ0v) is 19.4. The monoisotopic (exact) mass is 459 g/mol. The summed E-state index contributed by atoms with van der Waals surface area (Å²) in [5.41, 5.74) is 3.02. The molecular weight excluding hydrogens is 434 g/mol. The fourth-order valence-corrected chi connectivity index (χ4v) is 4.18. The van der Waals surface area contributed by atoms with Gasteiger partial charge in [-0.05, 0) is 30.5 Å². The molecule has 9 heteroatoms. The summed E-state index contributed by atoms with van der Waals surface area (Å²) in [4.78, 5) is 39.0. The average Bonchev–Trinajstić information content (AvgIpc) is 3.14. The molecule has 0 saturated carbocycles. The molecule has 0 aliphatic heterocycles. The Labute approximate surface area is 194 Å². The van der Waals surface area contributed by atoms with Gasteiger partial charge in [0.25, 0.3) is 11.5 Å². The topological polar surface area (TPSA) is 111 Å². The van der Waals surface area contributed by atoms with E-state index in [0.29, 0.717) is 62.7 Å². The lowest BCUT2D eigenvalue weighted by molar-refractivity contribution is 0.0955. The molecule has 0 aliphatic rings. The molecule has 0 fully saturated rings. The van der Waals surface area contributed by atoms with Crippen LogP contribution in [0.2, 0.25) is 0 Å². The number of fused-ring (bicyclic) bond motifs is 6. The second-order valence-electron chi connectivity index (χ2n) is 8.56.